The average molecular weight is 324 g/mol. The molecule has 1 saturated carbocycles. The van der Waals surface area contributed by atoms with Crippen molar-refractivity contribution in [3.63, 3.8) is 0 Å². The molecular formula is C16H22ClN3O2. The van der Waals surface area contributed by atoms with Crippen molar-refractivity contribution in [3.05, 3.63) is 28.8 Å². The Labute approximate surface area is 136 Å². The maximum absolute atomic E-state index is 12.2. The highest BCUT2D eigenvalue weighted by Crippen LogP contribution is 2.39. The lowest BCUT2D eigenvalue weighted by Gasteiger charge is -2.11. The van der Waals surface area contributed by atoms with Crippen LogP contribution in [0.25, 0.3) is 0 Å². The molecule has 1 aromatic rings. The number of benzene rings is 1. The topological polar surface area (TPSA) is 61.4 Å². The van der Waals surface area contributed by atoms with E-state index in [9.17, 15) is 9.59 Å². The number of halogens is 1. The van der Waals surface area contributed by atoms with Gasteiger partial charge in [0.05, 0.1) is 11.8 Å². The molecule has 22 heavy (non-hydrogen) atoms. The standard InChI is InChI=1S/C16H22ClN3O2/c1-10-4-5-11(17)8-14(10)19-16(22)13-9-12(13)15(21)18-6-7-20(2)3/h4-5,8,12-13H,6-7,9H2,1-3H3,(H,18,21)(H,19,22). The molecule has 0 aliphatic heterocycles. The zero-order chi connectivity index (χ0) is 16.3. The number of likely N-dealkylation sites (N-methyl/N-ethyl adjacent to an activating group) is 1. The summed E-state index contributed by atoms with van der Waals surface area (Å²) in [6, 6.07) is 5.37. The predicted octanol–water partition coefficient (Wildman–Crippen LogP) is 1.90. The van der Waals surface area contributed by atoms with Crippen molar-refractivity contribution < 1.29 is 9.59 Å². The van der Waals surface area contributed by atoms with Gasteiger partial charge in [0.1, 0.15) is 0 Å². The molecule has 0 bridgehead atoms. The SMILES string of the molecule is Cc1ccc(Cl)cc1NC(=O)C1CC1C(=O)NCCN(C)C. The van der Waals surface area contributed by atoms with Crippen LogP contribution in [0.3, 0.4) is 0 Å². The Morgan fingerprint density at radius 2 is 1.95 bits per heavy atom. The van der Waals surface area contributed by atoms with Crippen LogP contribution in [0, 0.1) is 18.8 Å². The van der Waals surface area contributed by atoms with Crippen LogP contribution >= 0.6 is 11.6 Å². The van der Waals surface area contributed by atoms with Gasteiger partial charge in [-0.05, 0) is 45.1 Å². The fraction of sp³-hybridized carbons (Fsp3) is 0.500. The second-order valence-electron chi connectivity index (χ2n) is 5.99. The molecular weight excluding hydrogens is 302 g/mol. The number of hydrogen-bond acceptors (Lipinski definition) is 3. The van der Waals surface area contributed by atoms with Gasteiger partial charge in [-0.3, -0.25) is 9.59 Å². The molecule has 0 aromatic heterocycles. The van der Waals surface area contributed by atoms with Gasteiger partial charge in [-0.2, -0.15) is 0 Å². The molecule has 2 atom stereocenters. The van der Waals surface area contributed by atoms with Crippen molar-refractivity contribution >= 4 is 29.1 Å². The Kier molecular flexibility index (Phi) is 5.42. The monoisotopic (exact) mass is 323 g/mol. The molecule has 0 radical (unpaired) electrons. The van der Waals surface area contributed by atoms with Gasteiger partial charge in [-0.15, -0.1) is 0 Å². The molecule has 2 amide bonds. The molecule has 2 rings (SSSR count). The summed E-state index contributed by atoms with van der Waals surface area (Å²) >= 11 is 5.94. The van der Waals surface area contributed by atoms with E-state index >= 15 is 0 Å². The number of rotatable bonds is 6. The van der Waals surface area contributed by atoms with E-state index in [0.29, 0.717) is 23.7 Å². The van der Waals surface area contributed by atoms with Crippen LogP contribution in [0.15, 0.2) is 18.2 Å². The second-order valence-corrected chi connectivity index (χ2v) is 6.43. The van der Waals surface area contributed by atoms with Gasteiger partial charge in [0.15, 0.2) is 0 Å². The summed E-state index contributed by atoms with van der Waals surface area (Å²) in [5.41, 5.74) is 1.65. The van der Waals surface area contributed by atoms with Crippen LogP contribution in [-0.2, 0) is 9.59 Å². The zero-order valence-corrected chi connectivity index (χ0v) is 13.9. The quantitative estimate of drug-likeness (QED) is 0.840. The third-order valence-corrected chi connectivity index (χ3v) is 4.01. The Morgan fingerprint density at radius 1 is 1.27 bits per heavy atom. The Bertz CT molecular complexity index is 575. The molecule has 2 unspecified atom stereocenters. The van der Waals surface area contributed by atoms with Crippen LogP contribution in [-0.4, -0.2) is 43.9 Å². The van der Waals surface area contributed by atoms with E-state index in [0.717, 1.165) is 12.1 Å². The summed E-state index contributed by atoms with van der Waals surface area (Å²) in [5, 5.41) is 6.30. The lowest BCUT2D eigenvalue weighted by molar-refractivity contribution is -0.125. The summed E-state index contributed by atoms with van der Waals surface area (Å²) in [7, 11) is 3.90. The van der Waals surface area contributed by atoms with Crippen molar-refractivity contribution in [2.24, 2.45) is 11.8 Å². The number of hydrogen-bond donors (Lipinski definition) is 2. The third kappa shape index (κ3) is 4.45. The average Bonchev–Trinajstić information content (AvgIpc) is 3.23. The van der Waals surface area contributed by atoms with E-state index in [-0.39, 0.29) is 23.7 Å². The first-order chi connectivity index (χ1) is 10.4. The summed E-state index contributed by atoms with van der Waals surface area (Å²) in [4.78, 5) is 26.1. The van der Waals surface area contributed by atoms with E-state index in [1.165, 1.54) is 0 Å². The van der Waals surface area contributed by atoms with Crippen molar-refractivity contribution in [2.45, 2.75) is 13.3 Å². The van der Waals surface area contributed by atoms with E-state index in [4.69, 9.17) is 11.6 Å². The molecule has 1 aromatic carbocycles. The molecule has 1 fully saturated rings. The van der Waals surface area contributed by atoms with E-state index in [2.05, 4.69) is 10.6 Å². The normalized spacial score (nSPS) is 19.9. The lowest BCUT2D eigenvalue weighted by Crippen LogP contribution is -2.33. The molecule has 1 aliphatic rings. The van der Waals surface area contributed by atoms with Crippen LogP contribution in [0.4, 0.5) is 5.69 Å². The van der Waals surface area contributed by atoms with Gasteiger partial charge in [-0.25, -0.2) is 0 Å². The van der Waals surface area contributed by atoms with Gasteiger partial charge < -0.3 is 15.5 Å². The number of nitrogens with zero attached hydrogens (tertiary/aromatic N) is 1. The van der Waals surface area contributed by atoms with Crippen molar-refractivity contribution in [1.82, 2.24) is 10.2 Å². The summed E-state index contributed by atoms with van der Waals surface area (Å²) in [6.07, 6.45) is 0.610. The van der Waals surface area contributed by atoms with Gasteiger partial charge in [-0.1, -0.05) is 17.7 Å². The first-order valence-corrected chi connectivity index (χ1v) is 7.75. The fourth-order valence-electron chi connectivity index (χ4n) is 2.26. The smallest absolute Gasteiger partial charge is 0.228 e. The van der Waals surface area contributed by atoms with Gasteiger partial charge >= 0.3 is 0 Å². The Hall–Kier alpha value is -1.59. The summed E-state index contributed by atoms with van der Waals surface area (Å²) in [5.74, 6) is -0.595. The number of carbonyl (C=O) groups is 2. The first-order valence-electron chi connectivity index (χ1n) is 7.38. The minimum Gasteiger partial charge on any atom is -0.355 e. The first kappa shape index (κ1) is 16.8. The number of aryl methyl sites for hydroxylation is 1. The van der Waals surface area contributed by atoms with Crippen molar-refractivity contribution in [3.8, 4) is 0 Å². The number of amides is 2. The lowest BCUT2D eigenvalue weighted by atomic mass is 10.2. The Balaban J connectivity index is 1.83. The van der Waals surface area contributed by atoms with Crippen LogP contribution in [0.2, 0.25) is 5.02 Å². The summed E-state index contributed by atoms with van der Waals surface area (Å²) in [6.45, 7) is 3.30. The molecule has 120 valence electrons. The van der Waals surface area contributed by atoms with Gasteiger partial charge in [0.2, 0.25) is 11.8 Å². The maximum atomic E-state index is 12.2. The van der Waals surface area contributed by atoms with E-state index in [1.807, 2.05) is 32.0 Å². The number of carbonyl (C=O) groups excluding carboxylic acids is 2. The predicted molar refractivity (Wildman–Crippen MR) is 88.0 cm³/mol. The molecule has 0 heterocycles. The number of nitrogens with one attached hydrogen (secondary N) is 2. The molecule has 1 aliphatic carbocycles. The fourth-order valence-corrected chi connectivity index (χ4v) is 2.43. The van der Waals surface area contributed by atoms with Gasteiger partial charge in [0, 0.05) is 23.8 Å². The van der Waals surface area contributed by atoms with Gasteiger partial charge in [0.25, 0.3) is 0 Å². The maximum Gasteiger partial charge on any atom is 0.228 e. The highest BCUT2D eigenvalue weighted by Gasteiger charge is 2.47. The zero-order valence-electron chi connectivity index (χ0n) is 13.1. The second kappa shape index (κ2) is 7.11. The minimum absolute atomic E-state index is 0.0372. The highest BCUT2D eigenvalue weighted by atomic mass is 35.5. The molecule has 0 saturated heterocycles. The molecule has 5 nitrogen and oxygen atoms in total. The molecule has 6 heteroatoms. The highest BCUT2D eigenvalue weighted by molar-refractivity contribution is 6.31. The van der Waals surface area contributed by atoms with E-state index < -0.39 is 0 Å². The minimum atomic E-state index is -0.238. The van der Waals surface area contributed by atoms with Crippen molar-refractivity contribution in [1.29, 1.82) is 0 Å². The Morgan fingerprint density at radius 3 is 2.64 bits per heavy atom. The number of anilines is 1. The van der Waals surface area contributed by atoms with Crippen LogP contribution in [0.1, 0.15) is 12.0 Å². The van der Waals surface area contributed by atoms with Crippen LogP contribution in [0.5, 0.6) is 0 Å². The van der Waals surface area contributed by atoms with Crippen molar-refractivity contribution in [2.75, 3.05) is 32.5 Å². The molecule has 2 N–H and O–H groups in total. The molecule has 0 spiro atoms. The largest absolute Gasteiger partial charge is 0.355 e. The summed E-state index contributed by atoms with van der Waals surface area (Å²) < 4.78 is 0. The van der Waals surface area contributed by atoms with Crippen LogP contribution < -0.4 is 10.6 Å². The third-order valence-electron chi connectivity index (χ3n) is 3.78. The van der Waals surface area contributed by atoms with E-state index in [1.54, 1.807) is 12.1 Å².